The third-order valence-electron chi connectivity index (χ3n) is 6.44. The molecule has 30 heavy (non-hydrogen) atoms. The number of piperidine rings is 1. The van der Waals surface area contributed by atoms with E-state index < -0.39 is 5.54 Å². The maximum Gasteiger partial charge on any atom is 0.228 e. The molecule has 3 aliphatic heterocycles. The molecule has 0 spiro atoms. The number of nitriles is 1. The number of pyridine rings is 1. The van der Waals surface area contributed by atoms with Crippen molar-refractivity contribution in [2.75, 3.05) is 25.1 Å². The van der Waals surface area contributed by atoms with Crippen LogP contribution in [-0.4, -0.2) is 53.4 Å². The first-order valence-corrected chi connectivity index (χ1v) is 10.2. The summed E-state index contributed by atoms with van der Waals surface area (Å²) in [5.74, 6) is -0.711. The fourth-order valence-corrected chi connectivity index (χ4v) is 4.96. The lowest BCUT2D eigenvalue weighted by molar-refractivity contribution is -0.128. The minimum absolute atomic E-state index is 0.0293. The van der Waals surface area contributed by atoms with E-state index in [2.05, 4.69) is 32.1 Å². The van der Waals surface area contributed by atoms with Crippen LogP contribution in [-0.2, 0) is 9.53 Å². The highest BCUT2D eigenvalue weighted by atomic mass is 19.1. The number of carbonyl (C=O) groups is 1. The van der Waals surface area contributed by atoms with Gasteiger partial charge in [0.1, 0.15) is 12.0 Å². The number of hydrogen-bond acceptors (Lipinski definition) is 7. The third-order valence-corrected chi connectivity index (χ3v) is 6.44. The number of nitrogens with zero attached hydrogens (tertiary/aromatic N) is 3. The summed E-state index contributed by atoms with van der Waals surface area (Å²) in [6, 6.07) is 8.87. The molecule has 1 aromatic heterocycles. The van der Waals surface area contributed by atoms with Crippen molar-refractivity contribution in [3.8, 4) is 6.07 Å². The quantitative estimate of drug-likeness (QED) is 0.702. The summed E-state index contributed by atoms with van der Waals surface area (Å²) in [6.07, 6.45) is 2.90. The van der Waals surface area contributed by atoms with Gasteiger partial charge in [0.05, 0.1) is 36.1 Å². The van der Waals surface area contributed by atoms with Crippen LogP contribution in [0.25, 0.3) is 10.9 Å². The van der Waals surface area contributed by atoms with Gasteiger partial charge in [0, 0.05) is 36.5 Å². The van der Waals surface area contributed by atoms with E-state index in [0.717, 1.165) is 12.8 Å². The molecule has 0 bridgehead atoms. The van der Waals surface area contributed by atoms with Gasteiger partial charge < -0.3 is 15.4 Å². The summed E-state index contributed by atoms with van der Waals surface area (Å²) in [6.45, 7) is 1.65. The Kier molecular flexibility index (Phi) is 4.77. The highest BCUT2D eigenvalue weighted by molar-refractivity contribution is 5.84. The molecular weight excluding hydrogens is 387 g/mol. The van der Waals surface area contributed by atoms with Crippen LogP contribution in [0.5, 0.6) is 0 Å². The zero-order valence-corrected chi connectivity index (χ0v) is 16.4. The SMILES string of the molecule is N#CC[C@]1(N2NC(Nc3ccc4nccc(F)c4c3)C3C(=O)NCCC32)CCOC1. The summed E-state index contributed by atoms with van der Waals surface area (Å²) in [4.78, 5) is 17.0. The summed E-state index contributed by atoms with van der Waals surface area (Å²) in [5, 5.41) is 18.3. The van der Waals surface area contributed by atoms with Crippen molar-refractivity contribution in [3.63, 3.8) is 0 Å². The number of nitrogens with one attached hydrogen (secondary N) is 3. The van der Waals surface area contributed by atoms with E-state index in [4.69, 9.17) is 4.74 Å². The second-order valence-electron chi connectivity index (χ2n) is 8.18. The first kappa shape index (κ1) is 19.2. The van der Waals surface area contributed by atoms with Crippen LogP contribution in [0.3, 0.4) is 0 Å². The van der Waals surface area contributed by atoms with Crippen molar-refractivity contribution in [2.24, 2.45) is 5.92 Å². The predicted molar refractivity (Wildman–Crippen MR) is 107 cm³/mol. The molecule has 3 N–H and O–H groups in total. The van der Waals surface area contributed by atoms with E-state index in [9.17, 15) is 14.4 Å². The van der Waals surface area contributed by atoms with Crippen LogP contribution in [0.15, 0.2) is 30.5 Å². The van der Waals surface area contributed by atoms with Crippen LogP contribution in [0.2, 0.25) is 0 Å². The van der Waals surface area contributed by atoms with Crippen LogP contribution in [0, 0.1) is 23.1 Å². The van der Waals surface area contributed by atoms with Crippen LogP contribution < -0.4 is 16.1 Å². The highest BCUT2D eigenvalue weighted by Gasteiger charge is 2.55. The Morgan fingerprint density at radius 2 is 2.33 bits per heavy atom. The van der Waals surface area contributed by atoms with Gasteiger partial charge in [0.25, 0.3) is 0 Å². The van der Waals surface area contributed by atoms with Crippen molar-refractivity contribution >= 4 is 22.5 Å². The zero-order valence-electron chi connectivity index (χ0n) is 16.4. The fraction of sp³-hybridized carbons (Fsp3) is 0.476. The number of fused-ring (bicyclic) bond motifs is 2. The number of halogens is 1. The first-order valence-electron chi connectivity index (χ1n) is 10.2. The maximum atomic E-state index is 14.2. The molecule has 3 fully saturated rings. The van der Waals surface area contributed by atoms with Gasteiger partial charge in [-0.25, -0.2) is 14.8 Å². The topological polar surface area (TPSA) is 102 Å². The standard InChI is InChI=1S/C21H23FN6O2/c22-15-3-8-24-16-2-1-13(11-14(15)16)26-19-18-17(4-9-25-20(18)29)28(27-19)21(5-7-23)6-10-30-12-21/h1-3,8,11,17-19,26-27H,4-6,9-10,12H2,(H,25,29)/t17?,18?,19?,21-/m0/s1. The van der Waals surface area contributed by atoms with Gasteiger partial charge in [-0.3, -0.25) is 9.78 Å². The second kappa shape index (κ2) is 7.47. The number of hydrogen-bond donors (Lipinski definition) is 3. The Morgan fingerprint density at radius 3 is 3.13 bits per heavy atom. The lowest BCUT2D eigenvalue weighted by Crippen LogP contribution is -2.59. The molecule has 3 unspecified atom stereocenters. The molecule has 4 atom stereocenters. The van der Waals surface area contributed by atoms with E-state index in [-0.39, 0.29) is 29.8 Å². The molecule has 3 saturated heterocycles. The number of hydrazine groups is 1. The Labute approximate surface area is 173 Å². The molecule has 2 aromatic rings. The Balaban J connectivity index is 1.47. The van der Waals surface area contributed by atoms with Gasteiger partial charge in [-0.1, -0.05) is 0 Å². The van der Waals surface area contributed by atoms with Gasteiger partial charge in [-0.2, -0.15) is 5.26 Å². The van der Waals surface area contributed by atoms with Gasteiger partial charge >= 0.3 is 0 Å². The Hall–Kier alpha value is -2.80. The summed E-state index contributed by atoms with van der Waals surface area (Å²) in [5.41, 5.74) is 4.28. The zero-order chi connectivity index (χ0) is 20.7. The number of anilines is 1. The van der Waals surface area contributed by atoms with E-state index in [1.54, 1.807) is 12.1 Å². The molecule has 8 nitrogen and oxygen atoms in total. The largest absolute Gasteiger partial charge is 0.379 e. The molecule has 4 heterocycles. The minimum Gasteiger partial charge on any atom is -0.379 e. The smallest absolute Gasteiger partial charge is 0.228 e. The molecule has 5 rings (SSSR count). The lowest BCUT2D eigenvalue weighted by atomic mass is 9.86. The van der Waals surface area contributed by atoms with E-state index in [1.807, 2.05) is 6.07 Å². The predicted octanol–water partition coefficient (Wildman–Crippen LogP) is 1.51. The Bertz CT molecular complexity index is 1020. The van der Waals surface area contributed by atoms with Crippen molar-refractivity contribution in [2.45, 2.75) is 37.0 Å². The van der Waals surface area contributed by atoms with Crippen LogP contribution in [0.4, 0.5) is 10.1 Å². The number of rotatable bonds is 4. The van der Waals surface area contributed by atoms with E-state index >= 15 is 0 Å². The number of ether oxygens (including phenoxy) is 1. The van der Waals surface area contributed by atoms with Crippen molar-refractivity contribution in [1.29, 1.82) is 5.26 Å². The van der Waals surface area contributed by atoms with Crippen molar-refractivity contribution in [3.05, 3.63) is 36.3 Å². The molecule has 9 heteroatoms. The summed E-state index contributed by atoms with van der Waals surface area (Å²) in [7, 11) is 0. The van der Waals surface area contributed by atoms with Crippen LogP contribution in [0.1, 0.15) is 19.3 Å². The number of aromatic nitrogens is 1. The van der Waals surface area contributed by atoms with E-state index in [1.165, 1.54) is 12.3 Å². The van der Waals surface area contributed by atoms with Crippen molar-refractivity contribution < 1.29 is 13.9 Å². The maximum absolute atomic E-state index is 14.2. The first-order chi connectivity index (χ1) is 14.6. The van der Waals surface area contributed by atoms with E-state index in [0.29, 0.717) is 42.8 Å². The molecule has 0 radical (unpaired) electrons. The summed E-state index contributed by atoms with van der Waals surface area (Å²) >= 11 is 0. The molecule has 0 saturated carbocycles. The monoisotopic (exact) mass is 410 g/mol. The average molecular weight is 410 g/mol. The molecule has 156 valence electrons. The number of benzene rings is 1. The average Bonchev–Trinajstić information content (AvgIpc) is 3.36. The van der Waals surface area contributed by atoms with Gasteiger partial charge in [-0.15, -0.1) is 0 Å². The van der Waals surface area contributed by atoms with Gasteiger partial charge in [0.15, 0.2) is 0 Å². The normalized spacial score (nSPS) is 31.3. The number of carbonyl (C=O) groups excluding carboxylic acids is 1. The molecule has 3 aliphatic rings. The lowest BCUT2D eigenvalue weighted by Gasteiger charge is -2.41. The summed E-state index contributed by atoms with van der Waals surface area (Å²) < 4.78 is 19.9. The molecular formula is C21H23FN6O2. The second-order valence-corrected chi connectivity index (χ2v) is 8.18. The fourth-order valence-electron chi connectivity index (χ4n) is 4.96. The Morgan fingerprint density at radius 1 is 1.43 bits per heavy atom. The van der Waals surface area contributed by atoms with Gasteiger partial charge in [0.2, 0.25) is 5.91 Å². The highest BCUT2D eigenvalue weighted by Crippen LogP contribution is 2.39. The van der Waals surface area contributed by atoms with Gasteiger partial charge in [-0.05, 0) is 37.1 Å². The molecule has 0 aliphatic carbocycles. The number of amides is 1. The molecule has 1 aromatic carbocycles. The van der Waals surface area contributed by atoms with Crippen molar-refractivity contribution in [1.82, 2.24) is 20.7 Å². The third kappa shape index (κ3) is 3.08. The van der Waals surface area contributed by atoms with Crippen LogP contribution >= 0.6 is 0 Å². The minimum atomic E-state index is -0.453. The molecule has 1 amide bonds.